The molecule has 0 aliphatic rings. The molecule has 0 unspecified atom stereocenters. The maximum Gasteiger partial charge on any atom is 0.255 e. The van der Waals surface area contributed by atoms with E-state index < -0.39 is 0 Å². The summed E-state index contributed by atoms with van der Waals surface area (Å²) in [4.78, 5) is 18.0. The summed E-state index contributed by atoms with van der Waals surface area (Å²) in [6.07, 6.45) is 7.59. The second kappa shape index (κ2) is 6.86. The van der Waals surface area contributed by atoms with Gasteiger partial charge in [-0.2, -0.15) is 0 Å². The molecule has 0 saturated carbocycles. The number of rotatable bonds is 5. The molecule has 4 rings (SSSR count). The largest absolute Gasteiger partial charge is 0.496 e. The van der Waals surface area contributed by atoms with Crippen LogP contribution in [0.3, 0.4) is 0 Å². The molecule has 0 atom stereocenters. The molecular weight excluding hydrogens is 372 g/mol. The van der Waals surface area contributed by atoms with E-state index in [1.54, 1.807) is 23.5 Å². The lowest BCUT2D eigenvalue weighted by molar-refractivity contribution is 0.0947. The maximum atomic E-state index is 12.6. The number of fused-ring (bicyclic) bond motifs is 1. The molecular formula is C18H15ClN4O2S. The molecule has 3 aromatic heterocycles. The lowest BCUT2D eigenvalue weighted by Gasteiger charge is -2.13. The van der Waals surface area contributed by atoms with E-state index in [2.05, 4.69) is 10.3 Å². The molecule has 1 N–H and O–H groups in total. The summed E-state index contributed by atoms with van der Waals surface area (Å²) in [6.45, 7) is 0.327. The third-order valence-electron chi connectivity index (χ3n) is 3.97. The van der Waals surface area contributed by atoms with Gasteiger partial charge in [0.05, 0.1) is 35.6 Å². The minimum absolute atomic E-state index is 0.265. The number of halogens is 1. The highest BCUT2D eigenvalue weighted by molar-refractivity contribution is 7.15. The molecule has 1 aromatic carbocycles. The second-order valence-electron chi connectivity index (χ2n) is 5.60. The average Bonchev–Trinajstić information content (AvgIpc) is 3.36. The predicted octanol–water partition coefficient (Wildman–Crippen LogP) is 3.78. The maximum absolute atomic E-state index is 12.6. The molecule has 8 heteroatoms. The molecule has 0 fully saturated rings. The summed E-state index contributed by atoms with van der Waals surface area (Å²) >= 11 is 7.93. The van der Waals surface area contributed by atoms with E-state index in [0.717, 1.165) is 16.3 Å². The standard InChI is InChI=1S/C18H15ClN4O2S/c1-25-16-9-15(22-4-2-3-5-22)14(19)8-13(16)17(24)20-10-12-11-23-6-7-26-18(23)21-12/h2-9,11H,10H2,1H3,(H,20,24). The van der Waals surface area contributed by atoms with Gasteiger partial charge in [0.1, 0.15) is 5.75 Å². The average molecular weight is 387 g/mol. The van der Waals surface area contributed by atoms with Crippen molar-refractivity contribution in [1.82, 2.24) is 19.3 Å². The Morgan fingerprint density at radius 3 is 2.85 bits per heavy atom. The van der Waals surface area contributed by atoms with E-state index in [4.69, 9.17) is 16.3 Å². The number of carbonyl (C=O) groups excluding carboxylic acids is 1. The number of methoxy groups -OCH3 is 1. The Hall–Kier alpha value is -2.77. The fraction of sp³-hybridized carbons (Fsp3) is 0.111. The number of amides is 1. The molecule has 0 radical (unpaired) electrons. The van der Waals surface area contributed by atoms with Crippen molar-refractivity contribution >= 4 is 33.8 Å². The van der Waals surface area contributed by atoms with E-state index in [1.165, 1.54) is 7.11 Å². The van der Waals surface area contributed by atoms with Crippen LogP contribution in [0.25, 0.3) is 10.6 Å². The number of nitrogens with one attached hydrogen (secondary N) is 1. The van der Waals surface area contributed by atoms with E-state index in [0.29, 0.717) is 22.9 Å². The van der Waals surface area contributed by atoms with Gasteiger partial charge in [0, 0.05) is 36.2 Å². The van der Waals surface area contributed by atoms with Crippen molar-refractivity contribution < 1.29 is 9.53 Å². The number of nitrogens with zero attached hydrogens (tertiary/aromatic N) is 3. The van der Waals surface area contributed by atoms with Crippen molar-refractivity contribution in [2.24, 2.45) is 0 Å². The zero-order chi connectivity index (χ0) is 18.1. The predicted molar refractivity (Wildman–Crippen MR) is 102 cm³/mol. The molecule has 0 spiro atoms. The van der Waals surface area contributed by atoms with Crippen molar-refractivity contribution in [3.8, 4) is 11.4 Å². The summed E-state index contributed by atoms with van der Waals surface area (Å²) in [5, 5.41) is 5.30. The van der Waals surface area contributed by atoms with Gasteiger partial charge < -0.3 is 14.6 Å². The summed E-state index contributed by atoms with van der Waals surface area (Å²) in [6, 6.07) is 7.18. The number of hydrogen-bond donors (Lipinski definition) is 1. The number of carbonyl (C=O) groups is 1. The molecule has 3 heterocycles. The van der Waals surface area contributed by atoms with Crippen molar-refractivity contribution in [1.29, 1.82) is 0 Å². The number of thiazole rings is 1. The van der Waals surface area contributed by atoms with Crippen LogP contribution < -0.4 is 10.1 Å². The van der Waals surface area contributed by atoms with Crippen LogP contribution in [0.2, 0.25) is 5.02 Å². The van der Waals surface area contributed by atoms with Crippen molar-refractivity contribution in [2.45, 2.75) is 6.54 Å². The van der Waals surface area contributed by atoms with E-state index in [-0.39, 0.29) is 5.91 Å². The molecule has 132 valence electrons. The van der Waals surface area contributed by atoms with Crippen LogP contribution in [-0.4, -0.2) is 27.0 Å². The summed E-state index contributed by atoms with van der Waals surface area (Å²) < 4.78 is 9.19. The summed E-state index contributed by atoms with van der Waals surface area (Å²) in [5.74, 6) is 0.195. The first-order chi connectivity index (χ1) is 12.7. The monoisotopic (exact) mass is 386 g/mol. The van der Waals surface area contributed by atoms with Gasteiger partial charge in [0.2, 0.25) is 0 Å². The molecule has 6 nitrogen and oxygen atoms in total. The van der Waals surface area contributed by atoms with Crippen LogP contribution in [0.5, 0.6) is 5.75 Å². The van der Waals surface area contributed by atoms with Crippen molar-refractivity contribution in [3.05, 3.63) is 70.7 Å². The summed E-state index contributed by atoms with van der Waals surface area (Å²) in [5.41, 5.74) is 1.92. The van der Waals surface area contributed by atoms with Gasteiger partial charge in [-0.15, -0.1) is 11.3 Å². The van der Waals surface area contributed by atoms with Crippen LogP contribution >= 0.6 is 22.9 Å². The van der Waals surface area contributed by atoms with Gasteiger partial charge in [-0.25, -0.2) is 4.98 Å². The lowest BCUT2D eigenvalue weighted by atomic mass is 10.1. The molecule has 0 bridgehead atoms. The first-order valence-corrected chi connectivity index (χ1v) is 9.11. The topological polar surface area (TPSA) is 60.6 Å². The lowest BCUT2D eigenvalue weighted by Crippen LogP contribution is -2.23. The Bertz CT molecular complexity index is 1040. The fourth-order valence-electron chi connectivity index (χ4n) is 2.71. The number of ether oxygens (including phenoxy) is 1. The minimum atomic E-state index is -0.265. The number of benzene rings is 1. The van der Waals surface area contributed by atoms with Gasteiger partial charge in [-0.1, -0.05) is 11.6 Å². The van der Waals surface area contributed by atoms with Crippen LogP contribution in [0.1, 0.15) is 16.1 Å². The number of aromatic nitrogens is 3. The number of hydrogen-bond acceptors (Lipinski definition) is 4. The van der Waals surface area contributed by atoms with Crippen LogP contribution in [0.4, 0.5) is 0 Å². The van der Waals surface area contributed by atoms with Gasteiger partial charge in [0.25, 0.3) is 5.91 Å². The van der Waals surface area contributed by atoms with Gasteiger partial charge >= 0.3 is 0 Å². The summed E-state index contributed by atoms with van der Waals surface area (Å²) in [7, 11) is 1.53. The Morgan fingerprint density at radius 2 is 2.12 bits per heavy atom. The Morgan fingerprint density at radius 1 is 1.31 bits per heavy atom. The molecule has 26 heavy (non-hydrogen) atoms. The third kappa shape index (κ3) is 3.07. The van der Waals surface area contributed by atoms with Crippen LogP contribution in [-0.2, 0) is 6.54 Å². The van der Waals surface area contributed by atoms with Gasteiger partial charge in [-0.3, -0.25) is 9.20 Å². The van der Waals surface area contributed by atoms with Crippen molar-refractivity contribution in [2.75, 3.05) is 7.11 Å². The quantitative estimate of drug-likeness (QED) is 0.567. The van der Waals surface area contributed by atoms with E-state index in [9.17, 15) is 4.79 Å². The third-order valence-corrected chi connectivity index (χ3v) is 5.04. The molecule has 0 aliphatic heterocycles. The highest BCUT2D eigenvalue weighted by Gasteiger charge is 2.17. The smallest absolute Gasteiger partial charge is 0.255 e. The normalized spacial score (nSPS) is 11.0. The Balaban J connectivity index is 1.56. The second-order valence-corrected chi connectivity index (χ2v) is 6.88. The zero-order valence-electron chi connectivity index (χ0n) is 13.8. The van der Waals surface area contributed by atoms with E-state index in [1.807, 2.05) is 51.3 Å². The number of imidazole rings is 1. The Kier molecular flexibility index (Phi) is 4.40. The highest BCUT2D eigenvalue weighted by Crippen LogP contribution is 2.30. The first kappa shape index (κ1) is 16.7. The van der Waals surface area contributed by atoms with Crippen LogP contribution in [0, 0.1) is 0 Å². The molecule has 1 amide bonds. The van der Waals surface area contributed by atoms with Crippen LogP contribution in [0.15, 0.2) is 54.4 Å². The first-order valence-electron chi connectivity index (χ1n) is 7.86. The Labute approximate surface area is 158 Å². The zero-order valence-corrected chi connectivity index (χ0v) is 15.4. The van der Waals surface area contributed by atoms with E-state index >= 15 is 0 Å². The molecule has 0 aliphatic carbocycles. The SMILES string of the molecule is COc1cc(-n2cccc2)c(Cl)cc1C(=O)NCc1cn2ccsc2n1. The van der Waals surface area contributed by atoms with Gasteiger partial charge in [-0.05, 0) is 18.2 Å². The highest BCUT2D eigenvalue weighted by atomic mass is 35.5. The minimum Gasteiger partial charge on any atom is -0.496 e. The molecule has 4 aromatic rings. The molecule has 0 saturated heterocycles. The van der Waals surface area contributed by atoms with Gasteiger partial charge in [0.15, 0.2) is 4.96 Å². The van der Waals surface area contributed by atoms with Crippen molar-refractivity contribution in [3.63, 3.8) is 0 Å². The fourth-order valence-corrected chi connectivity index (χ4v) is 3.69.